The minimum atomic E-state index is -0.438. The molecular formula is C12H13NO3. The summed E-state index contributed by atoms with van der Waals surface area (Å²) in [5.74, 6) is -0.339. The third kappa shape index (κ3) is 2.21. The molecule has 1 aromatic carbocycles. The number of esters is 1. The lowest BCUT2D eigenvalue weighted by Gasteiger charge is -2.08. The molecule has 0 heterocycles. The third-order valence-corrected chi connectivity index (χ3v) is 2.54. The quantitative estimate of drug-likeness (QED) is 0.789. The van der Waals surface area contributed by atoms with Crippen molar-refractivity contribution in [2.24, 2.45) is 5.92 Å². The van der Waals surface area contributed by atoms with E-state index in [1.165, 1.54) is 7.11 Å². The zero-order chi connectivity index (χ0) is 11.5. The zero-order valence-corrected chi connectivity index (χ0v) is 9.03. The first-order valence-electron chi connectivity index (χ1n) is 5.20. The van der Waals surface area contributed by atoms with Gasteiger partial charge in [-0.1, -0.05) is 12.1 Å². The van der Waals surface area contributed by atoms with Gasteiger partial charge in [0, 0.05) is 5.92 Å². The second kappa shape index (κ2) is 4.35. The lowest BCUT2D eigenvalue weighted by atomic mass is 10.1. The standard InChI is InChI=1S/C12H13NO3/c1-16-12(15)9-4-2-3-5-10(9)13-11(14)8-6-7-8/h2-5,8H,6-7H2,1H3,(H,13,14). The molecule has 4 nitrogen and oxygen atoms in total. The molecule has 0 spiro atoms. The van der Waals surface area contributed by atoms with Crippen molar-refractivity contribution >= 4 is 17.6 Å². The summed E-state index contributed by atoms with van der Waals surface area (Å²) in [5.41, 5.74) is 0.908. The Bertz CT molecular complexity index is 424. The van der Waals surface area contributed by atoms with E-state index in [9.17, 15) is 9.59 Å². The summed E-state index contributed by atoms with van der Waals surface area (Å²) in [6.07, 6.45) is 1.87. The van der Waals surface area contributed by atoms with Crippen molar-refractivity contribution in [1.29, 1.82) is 0 Å². The summed E-state index contributed by atoms with van der Waals surface area (Å²) in [7, 11) is 1.32. The highest BCUT2D eigenvalue weighted by Crippen LogP contribution is 2.30. The molecule has 1 aliphatic carbocycles. The molecule has 84 valence electrons. The fourth-order valence-electron chi connectivity index (χ4n) is 1.46. The Morgan fingerprint density at radius 1 is 1.31 bits per heavy atom. The second-order valence-electron chi connectivity index (χ2n) is 3.80. The topological polar surface area (TPSA) is 55.4 Å². The summed E-state index contributed by atoms with van der Waals surface area (Å²) >= 11 is 0. The molecule has 4 heteroatoms. The Balaban J connectivity index is 2.18. The number of para-hydroxylation sites is 1. The molecule has 2 rings (SSSR count). The average molecular weight is 219 g/mol. The van der Waals surface area contributed by atoms with Crippen LogP contribution in [0.15, 0.2) is 24.3 Å². The minimum absolute atomic E-state index is 0.0173. The van der Waals surface area contributed by atoms with Gasteiger partial charge in [-0.2, -0.15) is 0 Å². The number of hydrogen-bond acceptors (Lipinski definition) is 3. The number of anilines is 1. The van der Waals surface area contributed by atoms with E-state index in [1.54, 1.807) is 24.3 Å². The van der Waals surface area contributed by atoms with Crippen molar-refractivity contribution in [2.75, 3.05) is 12.4 Å². The number of benzene rings is 1. The van der Waals surface area contributed by atoms with Crippen LogP contribution in [0, 0.1) is 5.92 Å². The fourth-order valence-corrected chi connectivity index (χ4v) is 1.46. The minimum Gasteiger partial charge on any atom is -0.465 e. The molecule has 0 radical (unpaired) electrons. The maximum Gasteiger partial charge on any atom is 0.339 e. The van der Waals surface area contributed by atoms with Crippen molar-refractivity contribution in [2.45, 2.75) is 12.8 Å². The van der Waals surface area contributed by atoms with Crippen molar-refractivity contribution in [3.63, 3.8) is 0 Å². The van der Waals surface area contributed by atoms with Gasteiger partial charge in [0.2, 0.25) is 5.91 Å². The first kappa shape index (κ1) is 10.7. The van der Waals surface area contributed by atoms with Crippen LogP contribution in [0.1, 0.15) is 23.2 Å². The normalized spacial score (nSPS) is 14.3. The maximum atomic E-state index is 11.6. The van der Waals surface area contributed by atoms with Gasteiger partial charge in [0.15, 0.2) is 0 Å². The van der Waals surface area contributed by atoms with Gasteiger partial charge in [0.1, 0.15) is 0 Å². The van der Waals surface area contributed by atoms with Crippen LogP contribution >= 0.6 is 0 Å². The molecular weight excluding hydrogens is 206 g/mol. The number of nitrogens with one attached hydrogen (secondary N) is 1. The molecule has 16 heavy (non-hydrogen) atoms. The van der Waals surface area contributed by atoms with Crippen molar-refractivity contribution < 1.29 is 14.3 Å². The Hall–Kier alpha value is -1.84. The van der Waals surface area contributed by atoms with Crippen LogP contribution in [0.5, 0.6) is 0 Å². The number of carbonyl (C=O) groups is 2. The van der Waals surface area contributed by atoms with E-state index in [0.29, 0.717) is 11.3 Å². The summed E-state index contributed by atoms with van der Waals surface area (Å²) in [4.78, 5) is 23.0. The van der Waals surface area contributed by atoms with Gasteiger partial charge >= 0.3 is 5.97 Å². The zero-order valence-electron chi connectivity index (χ0n) is 9.03. The summed E-state index contributed by atoms with van der Waals surface area (Å²) in [6, 6.07) is 6.84. The fraction of sp³-hybridized carbons (Fsp3) is 0.333. The number of amides is 1. The van der Waals surface area contributed by atoms with Gasteiger partial charge in [0.05, 0.1) is 18.4 Å². The molecule has 1 aliphatic rings. The van der Waals surface area contributed by atoms with Crippen molar-refractivity contribution in [3.05, 3.63) is 29.8 Å². The number of hydrogen-bond donors (Lipinski definition) is 1. The number of rotatable bonds is 3. The molecule has 1 aromatic rings. The third-order valence-electron chi connectivity index (χ3n) is 2.54. The highest BCUT2D eigenvalue weighted by molar-refractivity contribution is 6.02. The molecule has 1 N–H and O–H groups in total. The lowest BCUT2D eigenvalue weighted by molar-refractivity contribution is -0.117. The van der Waals surface area contributed by atoms with Gasteiger partial charge in [0.25, 0.3) is 0 Å². The molecule has 1 fully saturated rings. The van der Waals surface area contributed by atoms with Crippen LogP contribution in [0.2, 0.25) is 0 Å². The van der Waals surface area contributed by atoms with Gasteiger partial charge < -0.3 is 10.1 Å². The van der Waals surface area contributed by atoms with Gasteiger partial charge in [-0.3, -0.25) is 4.79 Å². The SMILES string of the molecule is COC(=O)c1ccccc1NC(=O)C1CC1. The first-order valence-corrected chi connectivity index (χ1v) is 5.20. The number of methoxy groups -OCH3 is 1. The van der Waals surface area contributed by atoms with Crippen LogP contribution in [-0.4, -0.2) is 19.0 Å². The van der Waals surface area contributed by atoms with Crippen LogP contribution in [0.3, 0.4) is 0 Å². The Morgan fingerprint density at radius 2 is 2.00 bits per heavy atom. The van der Waals surface area contributed by atoms with Crippen molar-refractivity contribution in [1.82, 2.24) is 0 Å². The molecule has 1 amide bonds. The maximum absolute atomic E-state index is 11.6. The predicted molar refractivity (Wildman–Crippen MR) is 59.1 cm³/mol. The van der Waals surface area contributed by atoms with Crippen molar-refractivity contribution in [3.8, 4) is 0 Å². The van der Waals surface area contributed by atoms with E-state index in [1.807, 2.05) is 0 Å². The summed E-state index contributed by atoms with van der Waals surface area (Å²) in [5, 5.41) is 2.75. The van der Waals surface area contributed by atoms with Crippen LogP contribution in [0.4, 0.5) is 5.69 Å². The molecule has 0 saturated heterocycles. The summed E-state index contributed by atoms with van der Waals surface area (Å²) in [6.45, 7) is 0. The molecule has 0 unspecified atom stereocenters. The molecule has 0 aliphatic heterocycles. The highest BCUT2D eigenvalue weighted by Gasteiger charge is 2.30. The second-order valence-corrected chi connectivity index (χ2v) is 3.80. The Labute approximate surface area is 93.6 Å². The van der Waals surface area contributed by atoms with Crippen LogP contribution in [0.25, 0.3) is 0 Å². The first-order chi connectivity index (χ1) is 7.72. The molecule has 0 bridgehead atoms. The van der Waals surface area contributed by atoms with Gasteiger partial charge in [-0.15, -0.1) is 0 Å². The Morgan fingerprint density at radius 3 is 2.62 bits per heavy atom. The van der Waals surface area contributed by atoms with Gasteiger partial charge in [-0.05, 0) is 25.0 Å². The van der Waals surface area contributed by atoms with Crippen LogP contribution < -0.4 is 5.32 Å². The largest absolute Gasteiger partial charge is 0.465 e. The van der Waals surface area contributed by atoms with E-state index >= 15 is 0 Å². The average Bonchev–Trinajstić information content (AvgIpc) is 3.12. The van der Waals surface area contributed by atoms with E-state index < -0.39 is 5.97 Å². The summed E-state index contributed by atoms with van der Waals surface area (Å²) < 4.78 is 4.64. The number of carbonyl (C=O) groups excluding carboxylic acids is 2. The predicted octanol–water partition coefficient (Wildman–Crippen LogP) is 1.82. The molecule has 1 saturated carbocycles. The van der Waals surface area contributed by atoms with Gasteiger partial charge in [-0.25, -0.2) is 4.79 Å². The number of ether oxygens (including phenoxy) is 1. The smallest absolute Gasteiger partial charge is 0.339 e. The van der Waals surface area contributed by atoms with Crippen LogP contribution in [-0.2, 0) is 9.53 Å². The molecule has 0 aromatic heterocycles. The monoisotopic (exact) mass is 219 g/mol. The molecule has 0 atom stereocenters. The highest BCUT2D eigenvalue weighted by atomic mass is 16.5. The van der Waals surface area contributed by atoms with E-state index in [4.69, 9.17) is 0 Å². The van der Waals surface area contributed by atoms with E-state index in [2.05, 4.69) is 10.1 Å². The van der Waals surface area contributed by atoms with E-state index in [0.717, 1.165) is 12.8 Å². The lowest BCUT2D eigenvalue weighted by Crippen LogP contribution is -2.16. The van der Waals surface area contributed by atoms with E-state index in [-0.39, 0.29) is 11.8 Å². The Kier molecular flexibility index (Phi) is 2.90.